The first-order valence-electron chi connectivity index (χ1n) is 13.2. The predicted octanol–water partition coefficient (Wildman–Crippen LogP) is -0.00660. The van der Waals surface area contributed by atoms with Gasteiger partial charge < -0.3 is 25.8 Å². The number of primary amides is 1. The van der Waals surface area contributed by atoms with Crippen molar-refractivity contribution in [2.75, 3.05) is 26.0 Å². The molecule has 0 aliphatic heterocycles. The summed E-state index contributed by atoms with van der Waals surface area (Å²) in [6, 6.07) is 1.35. The van der Waals surface area contributed by atoms with Crippen LogP contribution in [0.5, 0.6) is 5.75 Å². The molecule has 0 aromatic heterocycles. The Morgan fingerprint density at radius 2 is 1.73 bits per heavy atom. The van der Waals surface area contributed by atoms with E-state index in [0.717, 1.165) is 0 Å². The molecule has 13 heteroatoms. The Hall–Kier alpha value is -3.68. The number of amides is 2. The first-order valence-corrected chi connectivity index (χ1v) is 13.2. The first-order chi connectivity index (χ1) is 18.9. The molecule has 13 nitrogen and oxygen atoms in total. The molecule has 0 bridgehead atoms. The van der Waals surface area contributed by atoms with Crippen molar-refractivity contribution in [2.45, 2.75) is 51.4 Å². The molecule has 1 aromatic rings. The number of aliphatic hydroxyl groups excluding tert-OH is 1. The molecule has 222 valence electrons. The molecule has 0 spiro atoms. The van der Waals surface area contributed by atoms with Gasteiger partial charge in [0.05, 0.1) is 41.8 Å². The van der Waals surface area contributed by atoms with Gasteiger partial charge in [0, 0.05) is 5.92 Å². The number of ether oxygens (including phenoxy) is 1. The summed E-state index contributed by atoms with van der Waals surface area (Å²) in [5.41, 5.74) is 1.63. The number of hydrogen-bond acceptors (Lipinski definition) is 11. The Labute approximate surface area is 236 Å². The van der Waals surface area contributed by atoms with Crippen LogP contribution in [0.4, 0.5) is 10.5 Å². The van der Waals surface area contributed by atoms with E-state index in [1.54, 1.807) is 6.92 Å². The normalized spacial score (nSPS) is 33.1. The molecular formula is C28H35N3O10. The maximum Gasteiger partial charge on any atom is 0.411 e. The summed E-state index contributed by atoms with van der Waals surface area (Å²) in [6.07, 6.45) is -2.62. The molecule has 2 amide bonds. The van der Waals surface area contributed by atoms with E-state index in [0.29, 0.717) is 0 Å². The number of likely N-dealkylation sites (N-methyl/N-ethyl adjacent to an activating group) is 1. The van der Waals surface area contributed by atoms with Crippen LogP contribution >= 0.6 is 0 Å². The topological polar surface area (TPSA) is 214 Å². The summed E-state index contributed by atoms with van der Waals surface area (Å²) in [5.74, 6) is -14.4. The van der Waals surface area contributed by atoms with Gasteiger partial charge in [-0.3, -0.25) is 34.2 Å². The van der Waals surface area contributed by atoms with E-state index >= 15 is 0 Å². The Morgan fingerprint density at radius 1 is 1.12 bits per heavy atom. The summed E-state index contributed by atoms with van der Waals surface area (Å²) in [4.78, 5) is 80.2. The van der Waals surface area contributed by atoms with Gasteiger partial charge in [-0.05, 0) is 37.1 Å². The third-order valence-corrected chi connectivity index (χ3v) is 8.36. The van der Waals surface area contributed by atoms with Crippen molar-refractivity contribution in [1.82, 2.24) is 4.90 Å². The number of rotatable bonds is 4. The van der Waals surface area contributed by atoms with E-state index in [9.17, 15) is 44.1 Å². The average Bonchev–Trinajstić information content (AvgIpc) is 2.85. The number of anilines is 1. The van der Waals surface area contributed by atoms with Crippen LogP contribution in [-0.4, -0.2) is 93.8 Å². The molecular weight excluding hydrogens is 538 g/mol. The summed E-state index contributed by atoms with van der Waals surface area (Å²) >= 11 is 0. The number of nitrogens with one attached hydrogen (secondary N) is 1. The highest BCUT2D eigenvalue weighted by Gasteiger charge is 2.72. The third-order valence-electron chi connectivity index (χ3n) is 8.36. The second-order valence-electron chi connectivity index (χ2n) is 12.6. The first kappa shape index (κ1) is 30.3. The molecule has 1 aromatic carbocycles. The van der Waals surface area contributed by atoms with E-state index in [1.807, 2.05) is 20.8 Å². The number of carbonyl (C=O) groups excluding carboxylic acids is 6. The van der Waals surface area contributed by atoms with E-state index in [4.69, 9.17) is 10.5 Å². The van der Waals surface area contributed by atoms with Gasteiger partial charge in [-0.2, -0.15) is 0 Å². The zero-order valence-electron chi connectivity index (χ0n) is 23.6. The minimum Gasteiger partial charge on any atom is -0.505 e. The number of phenolic OH excluding ortho intramolecular Hbond substituents is 1. The van der Waals surface area contributed by atoms with E-state index < -0.39 is 88.2 Å². The minimum absolute atomic E-state index is 0.0627. The van der Waals surface area contributed by atoms with Gasteiger partial charge in [0.15, 0.2) is 34.7 Å². The molecule has 8 unspecified atom stereocenters. The highest BCUT2D eigenvalue weighted by Crippen LogP contribution is 2.55. The van der Waals surface area contributed by atoms with Crippen molar-refractivity contribution < 1.29 is 48.8 Å². The van der Waals surface area contributed by atoms with Gasteiger partial charge in [0.1, 0.15) is 5.75 Å². The molecule has 2 fully saturated rings. The lowest BCUT2D eigenvalue weighted by atomic mass is 9.49. The van der Waals surface area contributed by atoms with Crippen LogP contribution in [0.25, 0.3) is 0 Å². The zero-order chi connectivity index (χ0) is 30.9. The molecule has 3 aliphatic carbocycles. The lowest BCUT2D eigenvalue weighted by molar-refractivity contribution is -0.196. The van der Waals surface area contributed by atoms with E-state index in [1.165, 1.54) is 31.1 Å². The second-order valence-corrected chi connectivity index (χ2v) is 12.6. The maximum absolute atomic E-state index is 14.0. The Bertz CT molecular complexity index is 1370. The van der Waals surface area contributed by atoms with Crippen LogP contribution in [0, 0.1) is 29.1 Å². The highest BCUT2D eigenvalue weighted by molar-refractivity contribution is 6.32. The monoisotopic (exact) mass is 573 g/mol. The van der Waals surface area contributed by atoms with Gasteiger partial charge >= 0.3 is 6.09 Å². The summed E-state index contributed by atoms with van der Waals surface area (Å²) < 4.78 is 5.15. The van der Waals surface area contributed by atoms with Crippen LogP contribution in [0.15, 0.2) is 12.1 Å². The van der Waals surface area contributed by atoms with Crippen molar-refractivity contribution in [3.05, 3.63) is 23.3 Å². The largest absolute Gasteiger partial charge is 0.505 e. The number of hydrogen-bond donors (Lipinski definition) is 5. The minimum atomic E-state index is -3.09. The molecule has 0 radical (unpaired) electrons. The number of nitrogens with zero attached hydrogens (tertiary/aromatic N) is 1. The number of aromatic hydroxyl groups is 1. The van der Waals surface area contributed by atoms with Crippen LogP contribution in [0.2, 0.25) is 0 Å². The number of nitrogens with two attached hydrogens (primary N) is 1. The maximum atomic E-state index is 14.0. The Kier molecular flexibility index (Phi) is 7.38. The number of ketones is 4. The van der Waals surface area contributed by atoms with Crippen molar-refractivity contribution in [3.8, 4) is 5.75 Å². The van der Waals surface area contributed by atoms with E-state index in [-0.39, 0.29) is 28.8 Å². The zero-order valence-corrected chi connectivity index (χ0v) is 23.6. The summed E-state index contributed by atoms with van der Waals surface area (Å²) in [5, 5.41) is 36.7. The van der Waals surface area contributed by atoms with Gasteiger partial charge in [0.25, 0.3) is 0 Å². The number of fused-ring (bicyclic) bond motifs is 3. The van der Waals surface area contributed by atoms with E-state index in [2.05, 4.69) is 5.32 Å². The standard InChI is InChI=1S/C28H35N3O10/c1-10-11-7-8-12(30-26(39)41-9-27(2,3)4)19(32)14(11)20(33)15-13(10)21(34)17-18(31(5)6)22(35)16(25(29)38)24(37)28(17,40)23(15)36/h7-8,10,13,15-18,21,32,34,40H,9H2,1-6H3,(H2,29,38)(H,30,39). The Balaban J connectivity index is 1.80. The lowest BCUT2D eigenvalue weighted by Gasteiger charge is -2.56. The van der Waals surface area contributed by atoms with Gasteiger partial charge in [-0.15, -0.1) is 0 Å². The van der Waals surface area contributed by atoms with Crippen molar-refractivity contribution >= 4 is 40.8 Å². The molecule has 8 atom stereocenters. The van der Waals surface area contributed by atoms with Gasteiger partial charge in [0.2, 0.25) is 5.91 Å². The molecule has 41 heavy (non-hydrogen) atoms. The van der Waals surface area contributed by atoms with Crippen LogP contribution in [0.3, 0.4) is 0 Å². The molecule has 3 aliphatic rings. The van der Waals surface area contributed by atoms with Crippen LogP contribution < -0.4 is 11.1 Å². The van der Waals surface area contributed by atoms with Crippen LogP contribution in [0.1, 0.15) is 49.5 Å². The second kappa shape index (κ2) is 10.00. The fourth-order valence-electron chi connectivity index (χ4n) is 6.52. The smallest absolute Gasteiger partial charge is 0.411 e. The highest BCUT2D eigenvalue weighted by atomic mass is 16.5. The van der Waals surface area contributed by atoms with Crippen molar-refractivity contribution in [2.24, 2.45) is 34.8 Å². The van der Waals surface area contributed by atoms with Crippen molar-refractivity contribution in [1.29, 1.82) is 0 Å². The molecule has 6 N–H and O–H groups in total. The Morgan fingerprint density at radius 3 is 2.27 bits per heavy atom. The molecule has 2 saturated carbocycles. The lowest BCUT2D eigenvalue weighted by Crippen LogP contribution is -2.77. The average molecular weight is 574 g/mol. The quantitative estimate of drug-likeness (QED) is 0.239. The fourth-order valence-corrected chi connectivity index (χ4v) is 6.52. The molecule has 0 heterocycles. The summed E-state index contributed by atoms with van der Waals surface area (Å²) in [7, 11) is 2.84. The third kappa shape index (κ3) is 4.52. The fraction of sp³-hybridized carbons (Fsp3) is 0.571. The molecule has 4 rings (SSSR count). The number of benzene rings is 1. The number of carbonyl (C=O) groups is 6. The van der Waals surface area contributed by atoms with Crippen LogP contribution in [-0.2, 0) is 23.9 Å². The molecule has 0 saturated heterocycles. The number of Topliss-reactive ketones (excluding diaryl/α,β-unsaturated/α-hetero) is 4. The van der Waals surface area contributed by atoms with Gasteiger partial charge in [-0.25, -0.2) is 4.79 Å². The number of aliphatic hydroxyl groups is 2. The van der Waals surface area contributed by atoms with Crippen molar-refractivity contribution in [3.63, 3.8) is 0 Å². The van der Waals surface area contributed by atoms with Gasteiger partial charge in [-0.1, -0.05) is 33.8 Å². The number of phenols is 1. The predicted molar refractivity (Wildman–Crippen MR) is 142 cm³/mol. The summed E-state index contributed by atoms with van der Waals surface area (Å²) in [6.45, 7) is 7.20. The SMILES string of the molecule is CC1c2ccc(NC(=O)OCC(C)(C)C)c(O)c2C(=O)C2C(=O)C3(O)C(=O)C(C(N)=O)C(=O)C(N(C)C)C3C(O)C21.